The lowest BCUT2D eigenvalue weighted by atomic mass is 10.1. The number of hydrogen-bond donors (Lipinski definition) is 1. The summed E-state index contributed by atoms with van der Waals surface area (Å²) in [6, 6.07) is 5.54. The number of benzene rings is 1. The van der Waals surface area contributed by atoms with E-state index in [4.69, 9.17) is 5.73 Å². The quantitative estimate of drug-likeness (QED) is 0.683. The molecule has 1 aromatic carbocycles. The molecule has 6 nitrogen and oxygen atoms in total. The van der Waals surface area contributed by atoms with Gasteiger partial charge in [0.2, 0.25) is 0 Å². The largest absolute Gasteiger partial charge is 0.367 e. The highest BCUT2D eigenvalue weighted by atomic mass is 16.6. The second kappa shape index (κ2) is 5.05. The summed E-state index contributed by atoms with van der Waals surface area (Å²) in [4.78, 5) is 17.0. The second-order valence-electron chi connectivity index (χ2n) is 5.01. The van der Waals surface area contributed by atoms with Gasteiger partial charge in [0.15, 0.2) is 0 Å². The Hall–Kier alpha value is -2.21. The first-order valence-electron chi connectivity index (χ1n) is 6.70. The zero-order valence-electron chi connectivity index (χ0n) is 11.0. The van der Waals surface area contributed by atoms with E-state index in [2.05, 4.69) is 9.88 Å². The number of fused-ring (bicyclic) bond motifs is 1. The third-order valence-corrected chi connectivity index (χ3v) is 3.93. The van der Waals surface area contributed by atoms with Gasteiger partial charge in [-0.05, 0) is 25.0 Å². The Balaban J connectivity index is 2.18. The molecule has 1 fully saturated rings. The zero-order valence-corrected chi connectivity index (χ0v) is 11.0. The number of nitrogens with two attached hydrogens (primary N) is 1. The van der Waals surface area contributed by atoms with E-state index in [1.807, 2.05) is 12.1 Å². The lowest BCUT2D eigenvalue weighted by Gasteiger charge is -2.27. The van der Waals surface area contributed by atoms with Crippen molar-refractivity contribution in [1.29, 1.82) is 0 Å². The molecule has 2 aromatic rings. The Kier molecular flexibility index (Phi) is 3.23. The predicted octanol–water partition coefficient (Wildman–Crippen LogP) is 2.07. The molecular weight excluding hydrogens is 256 g/mol. The molecule has 0 saturated carbocycles. The van der Waals surface area contributed by atoms with Crippen LogP contribution in [0.25, 0.3) is 10.8 Å². The molecule has 3 rings (SSSR count). The maximum absolute atomic E-state index is 11.1. The molecule has 1 aliphatic rings. The Morgan fingerprint density at radius 3 is 3.00 bits per heavy atom. The van der Waals surface area contributed by atoms with Crippen molar-refractivity contribution in [3.8, 4) is 0 Å². The monoisotopic (exact) mass is 272 g/mol. The van der Waals surface area contributed by atoms with Crippen molar-refractivity contribution in [2.45, 2.75) is 18.9 Å². The van der Waals surface area contributed by atoms with Crippen molar-refractivity contribution in [3.63, 3.8) is 0 Å². The average Bonchev–Trinajstić information content (AvgIpc) is 2.94. The van der Waals surface area contributed by atoms with Crippen molar-refractivity contribution in [2.75, 3.05) is 18.0 Å². The van der Waals surface area contributed by atoms with Crippen LogP contribution in [0.1, 0.15) is 12.8 Å². The Labute approximate surface area is 116 Å². The molecule has 0 radical (unpaired) electrons. The van der Waals surface area contributed by atoms with Crippen molar-refractivity contribution < 1.29 is 4.92 Å². The van der Waals surface area contributed by atoms with Crippen LogP contribution in [0.15, 0.2) is 30.6 Å². The first-order chi connectivity index (χ1) is 9.72. The molecule has 1 unspecified atom stereocenters. The first kappa shape index (κ1) is 12.8. The number of aromatic nitrogens is 1. The summed E-state index contributed by atoms with van der Waals surface area (Å²) in [5.74, 6) is 0. The van der Waals surface area contributed by atoms with Crippen molar-refractivity contribution in [2.24, 2.45) is 5.73 Å². The van der Waals surface area contributed by atoms with Crippen molar-refractivity contribution in [1.82, 2.24) is 4.98 Å². The van der Waals surface area contributed by atoms with Gasteiger partial charge in [0, 0.05) is 48.7 Å². The number of nitro groups is 1. The SMILES string of the molecule is NCC1CCCN1c1ccc([N+](=O)[O-])c2cnccc12. The van der Waals surface area contributed by atoms with E-state index in [9.17, 15) is 10.1 Å². The summed E-state index contributed by atoms with van der Waals surface area (Å²) in [5, 5.41) is 12.6. The van der Waals surface area contributed by atoms with Crippen LogP contribution in [0.3, 0.4) is 0 Å². The molecule has 2 heterocycles. The summed E-state index contributed by atoms with van der Waals surface area (Å²) in [7, 11) is 0. The second-order valence-corrected chi connectivity index (χ2v) is 5.01. The minimum atomic E-state index is -0.363. The number of hydrogen-bond acceptors (Lipinski definition) is 5. The van der Waals surface area contributed by atoms with E-state index in [0.717, 1.165) is 30.5 Å². The number of nitrogens with zero attached hydrogens (tertiary/aromatic N) is 3. The standard InChI is InChI=1S/C14H16N4O2/c15-8-10-2-1-7-17(10)13-3-4-14(18(19)20)12-9-16-6-5-11(12)13/h3-6,9-10H,1-2,7-8,15H2. The van der Waals surface area contributed by atoms with E-state index in [1.54, 1.807) is 18.5 Å². The van der Waals surface area contributed by atoms with Crippen LogP contribution in [0.2, 0.25) is 0 Å². The fourth-order valence-corrected chi connectivity index (χ4v) is 2.97. The first-order valence-corrected chi connectivity index (χ1v) is 6.70. The van der Waals surface area contributed by atoms with Gasteiger partial charge < -0.3 is 10.6 Å². The van der Waals surface area contributed by atoms with Crippen LogP contribution in [0, 0.1) is 10.1 Å². The molecule has 6 heteroatoms. The number of pyridine rings is 1. The maximum Gasteiger partial charge on any atom is 0.278 e. The highest BCUT2D eigenvalue weighted by Crippen LogP contribution is 2.35. The van der Waals surface area contributed by atoms with Crippen LogP contribution in [0.5, 0.6) is 0 Å². The van der Waals surface area contributed by atoms with Gasteiger partial charge in [0.05, 0.1) is 10.3 Å². The van der Waals surface area contributed by atoms with Crippen molar-refractivity contribution >= 4 is 22.1 Å². The number of nitro benzene ring substituents is 1. The number of rotatable bonds is 3. The fraction of sp³-hybridized carbons (Fsp3) is 0.357. The lowest BCUT2D eigenvalue weighted by molar-refractivity contribution is -0.383. The normalized spacial score (nSPS) is 18.6. The van der Waals surface area contributed by atoms with E-state index in [-0.39, 0.29) is 10.6 Å². The van der Waals surface area contributed by atoms with Gasteiger partial charge in [-0.2, -0.15) is 0 Å². The van der Waals surface area contributed by atoms with Crippen LogP contribution >= 0.6 is 0 Å². The molecule has 0 amide bonds. The topological polar surface area (TPSA) is 85.3 Å². The molecule has 1 saturated heterocycles. The molecule has 2 N–H and O–H groups in total. The Bertz CT molecular complexity index is 659. The van der Waals surface area contributed by atoms with E-state index >= 15 is 0 Å². The van der Waals surface area contributed by atoms with Gasteiger partial charge in [0.25, 0.3) is 5.69 Å². The molecule has 20 heavy (non-hydrogen) atoms. The smallest absolute Gasteiger partial charge is 0.278 e. The molecule has 0 spiro atoms. The van der Waals surface area contributed by atoms with Crippen LogP contribution < -0.4 is 10.6 Å². The minimum Gasteiger partial charge on any atom is -0.367 e. The average molecular weight is 272 g/mol. The molecule has 0 bridgehead atoms. The van der Waals surface area contributed by atoms with E-state index in [0.29, 0.717) is 18.0 Å². The Morgan fingerprint density at radius 1 is 1.40 bits per heavy atom. The van der Waals surface area contributed by atoms with Crippen LogP contribution in [-0.4, -0.2) is 29.0 Å². The molecule has 104 valence electrons. The number of anilines is 1. The maximum atomic E-state index is 11.1. The van der Waals surface area contributed by atoms with Gasteiger partial charge in [-0.25, -0.2) is 0 Å². The number of non-ortho nitro benzene ring substituents is 1. The highest BCUT2D eigenvalue weighted by molar-refractivity contribution is 5.99. The van der Waals surface area contributed by atoms with Gasteiger partial charge >= 0.3 is 0 Å². The summed E-state index contributed by atoms with van der Waals surface area (Å²) in [5.41, 5.74) is 6.93. The van der Waals surface area contributed by atoms with Gasteiger partial charge in [0.1, 0.15) is 0 Å². The summed E-state index contributed by atoms with van der Waals surface area (Å²) in [6.07, 6.45) is 5.40. The van der Waals surface area contributed by atoms with Gasteiger partial charge in [-0.3, -0.25) is 15.1 Å². The molecule has 1 atom stereocenters. The zero-order chi connectivity index (χ0) is 14.1. The van der Waals surface area contributed by atoms with Gasteiger partial charge in [-0.15, -0.1) is 0 Å². The Morgan fingerprint density at radius 2 is 2.25 bits per heavy atom. The molecular formula is C14H16N4O2. The molecule has 1 aliphatic heterocycles. The minimum absolute atomic E-state index is 0.0975. The summed E-state index contributed by atoms with van der Waals surface area (Å²) in [6.45, 7) is 1.54. The third-order valence-electron chi connectivity index (χ3n) is 3.93. The van der Waals surface area contributed by atoms with E-state index in [1.165, 1.54) is 0 Å². The van der Waals surface area contributed by atoms with Crippen molar-refractivity contribution in [3.05, 3.63) is 40.7 Å². The van der Waals surface area contributed by atoms with Gasteiger partial charge in [-0.1, -0.05) is 0 Å². The third kappa shape index (κ3) is 1.98. The van der Waals surface area contributed by atoms with Crippen LogP contribution in [0.4, 0.5) is 11.4 Å². The van der Waals surface area contributed by atoms with Crippen LogP contribution in [-0.2, 0) is 0 Å². The summed E-state index contributed by atoms with van der Waals surface area (Å²) < 4.78 is 0. The lowest BCUT2D eigenvalue weighted by Crippen LogP contribution is -2.35. The fourth-order valence-electron chi connectivity index (χ4n) is 2.97. The summed E-state index contributed by atoms with van der Waals surface area (Å²) >= 11 is 0. The highest BCUT2D eigenvalue weighted by Gasteiger charge is 2.26. The van der Waals surface area contributed by atoms with E-state index < -0.39 is 0 Å². The molecule has 1 aromatic heterocycles. The predicted molar refractivity (Wildman–Crippen MR) is 77.8 cm³/mol. The molecule has 0 aliphatic carbocycles.